The quantitative estimate of drug-likeness (QED) is 0.896. The van der Waals surface area contributed by atoms with E-state index in [1.807, 2.05) is 11.3 Å². The molecule has 0 bridgehead atoms. The predicted octanol–water partition coefficient (Wildman–Crippen LogP) is 3.34. The Morgan fingerprint density at radius 1 is 1.42 bits per heavy atom. The maximum atomic E-state index is 4.91. The minimum absolute atomic E-state index is 0.282. The number of nitrogens with one attached hydrogen (secondary N) is 1. The molecule has 1 aromatic rings. The lowest BCUT2D eigenvalue weighted by Gasteiger charge is -2.31. The molecule has 0 spiro atoms. The van der Waals surface area contributed by atoms with Gasteiger partial charge < -0.3 is 10.2 Å². The summed E-state index contributed by atoms with van der Waals surface area (Å²) in [7, 11) is 0. The molecule has 1 aliphatic heterocycles. The number of anilines is 1. The van der Waals surface area contributed by atoms with Gasteiger partial charge in [0.05, 0.1) is 5.69 Å². The second kappa shape index (κ2) is 5.06. The lowest BCUT2D eigenvalue weighted by atomic mass is 10.0. The Morgan fingerprint density at radius 3 is 2.79 bits per heavy atom. The number of aryl methyl sites for hydroxylation is 1. The van der Waals surface area contributed by atoms with Crippen molar-refractivity contribution in [3.8, 4) is 0 Å². The van der Waals surface area contributed by atoms with Crippen molar-refractivity contribution >= 4 is 16.5 Å². The zero-order valence-corrected chi connectivity index (χ0v) is 13.1. The highest BCUT2D eigenvalue weighted by Crippen LogP contribution is 2.37. The van der Waals surface area contributed by atoms with Gasteiger partial charge in [0.1, 0.15) is 0 Å². The fourth-order valence-electron chi connectivity index (χ4n) is 2.89. The third-order valence-electron chi connectivity index (χ3n) is 4.36. The number of hydrogen-bond acceptors (Lipinski definition) is 4. The van der Waals surface area contributed by atoms with E-state index in [-0.39, 0.29) is 5.54 Å². The molecule has 19 heavy (non-hydrogen) atoms. The van der Waals surface area contributed by atoms with E-state index in [0.29, 0.717) is 0 Å². The minimum Gasteiger partial charge on any atom is -0.343 e. The molecule has 0 aromatic carbocycles. The van der Waals surface area contributed by atoms with Gasteiger partial charge in [-0.15, -0.1) is 11.3 Å². The molecule has 1 saturated carbocycles. The molecule has 0 amide bonds. The highest BCUT2D eigenvalue weighted by Gasteiger charge is 2.34. The molecule has 0 unspecified atom stereocenters. The van der Waals surface area contributed by atoms with Crippen molar-refractivity contribution in [2.75, 3.05) is 11.4 Å². The van der Waals surface area contributed by atoms with Crippen LogP contribution < -0.4 is 10.2 Å². The molecule has 3 nitrogen and oxygen atoms in total. The third-order valence-corrected chi connectivity index (χ3v) is 5.48. The van der Waals surface area contributed by atoms with E-state index in [1.165, 1.54) is 47.9 Å². The van der Waals surface area contributed by atoms with Gasteiger partial charge in [-0.25, -0.2) is 4.98 Å². The number of hydrogen-bond donors (Lipinski definition) is 1. The number of nitrogens with zero attached hydrogens (tertiary/aromatic N) is 2. The molecule has 1 aliphatic carbocycles. The van der Waals surface area contributed by atoms with Crippen LogP contribution in [-0.4, -0.2) is 23.1 Å². The molecule has 1 N–H and O–H groups in total. The van der Waals surface area contributed by atoms with Gasteiger partial charge in [0.2, 0.25) is 0 Å². The summed E-state index contributed by atoms with van der Waals surface area (Å²) in [5, 5.41) is 4.87. The second-order valence-corrected chi connectivity index (χ2v) is 7.50. The van der Waals surface area contributed by atoms with Crippen molar-refractivity contribution in [2.45, 2.75) is 71.0 Å². The van der Waals surface area contributed by atoms with E-state index in [1.54, 1.807) is 0 Å². The van der Waals surface area contributed by atoms with Crippen molar-refractivity contribution in [1.82, 2.24) is 10.3 Å². The van der Waals surface area contributed by atoms with E-state index in [9.17, 15) is 0 Å². The minimum atomic E-state index is 0.282. The van der Waals surface area contributed by atoms with Crippen LogP contribution in [0.2, 0.25) is 0 Å². The summed E-state index contributed by atoms with van der Waals surface area (Å²) in [6.07, 6.45) is 6.33. The summed E-state index contributed by atoms with van der Waals surface area (Å²) < 4.78 is 0. The first-order chi connectivity index (χ1) is 9.10. The highest BCUT2D eigenvalue weighted by atomic mass is 32.1. The molecular formula is C15H25N3S. The van der Waals surface area contributed by atoms with Crippen molar-refractivity contribution in [3.63, 3.8) is 0 Å². The Balaban J connectivity index is 1.77. The van der Waals surface area contributed by atoms with E-state index >= 15 is 0 Å². The van der Waals surface area contributed by atoms with E-state index in [4.69, 9.17) is 4.98 Å². The van der Waals surface area contributed by atoms with Crippen LogP contribution in [0.5, 0.6) is 0 Å². The lowest BCUT2D eigenvalue weighted by molar-refractivity contribution is 0.517. The predicted molar refractivity (Wildman–Crippen MR) is 82.0 cm³/mol. The normalized spacial score (nSPS) is 22.2. The first-order valence-electron chi connectivity index (χ1n) is 7.60. The molecular weight excluding hydrogens is 254 g/mol. The Bertz CT molecular complexity index is 448. The van der Waals surface area contributed by atoms with Gasteiger partial charge in [0.25, 0.3) is 0 Å². The number of rotatable bonds is 5. The van der Waals surface area contributed by atoms with Crippen LogP contribution in [-0.2, 0) is 13.0 Å². The average Bonchev–Trinajstić information content (AvgIpc) is 3.01. The van der Waals surface area contributed by atoms with Crippen LogP contribution in [0.15, 0.2) is 0 Å². The summed E-state index contributed by atoms with van der Waals surface area (Å²) in [6, 6.07) is 0.776. The molecule has 0 radical (unpaired) electrons. The van der Waals surface area contributed by atoms with Gasteiger partial charge in [0, 0.05) is 29.5 Å². The largest absolute Gasteiger partial charge is 0.343 e. The topological polar surface area (TPSA) is 28.2 Å². The summed E-state index contributed by atoms with van der Waals surface area (Å²) in [6.45, 7) is 9.08. The van der Waals surface area contributed by atoms with Crippen molar-refractivity contribution < 1.29 is 0 Å². The van der Waals surface area contributed by atoms with Gasteiger partial charge in [-0.1, -0.05) is 6.92 Å². The molecule has 2 fully saturated rings. The molecule has 3 rings (SSSR count). The highest BCUT2D eigenvalue weighted by molar-refractivity contribution is 7.15. The molecule has 0 atom stereocenters. The first-order valence-corrected chi connectivity index (χ1v) is 8.41. The van der Waals surface area contributed by atoms with E-state index in [0.717, 1.165) is 19.0 Å². The SMILES string of the molecule is CCc1nc(N2CCCC2(C)C)sc1CNC1CC1. The van der Waals surface area contributed by atoms with Crippen LogP contribution in [0, 0.1) is 0 Å². The van der Waals surface area contributed by atoms with E-state index < -0.39 is 0 Å². The lowest BCUT2D eigenvalue weighted by Crippen LogP contribution is -2.38. The zero-order valence-electron chi connectivity index (χ0n) is 12.3. The van der Waals surface area contributed by atoms with Gasteiger partial charge in [0.15, 0.2) is 5.13 Å². The third kappa shape index (κ3) is 2.79. The summed E-state index contributed by atoms with van der Waals surface area (Å²) in [5.74, 6) is 0. The molecule has 1 aromatic heterocycles. The summed E-state index contributed by atoms with van der Waals surface area (Å²) in [5.41, 5.74) is 1.58. The van der Waals surface area contributed by atoms with Crippen LogP contribution in [0.1, 0.15) is 57.0 Å². The van der Waals surface area contributed by atoms with Gasteiger partial charge in [-0.05, 0) is 46.0 Å². The Kier molecular flexibility index (Phi) is 3.56. The zero-order chi connectivity index (χ0) is 13.5. The number of aromatic nitrogens is 1. The molecule has 106 valence electrons. The van der Waals surface area contributed by atoms with Crippen LogP contribution in [0.4, 0.5) is 5.13 Å². The van der Waals surface area contributed by atoms with Gasteiger partial charge in [-0.3, -0.25) is 0 Å². The second-order valence-electron chi connectivity index (χ2n) is 6.44. The fraction of sp³-hybridized carbons (Fsp3) is 0.800. The first kappa shape index (κ1) is 13.4. The summed E-state index contributed by atoms with van der Waals surface area (Å²) >= 11 is 1.91. The number of thiazole rings is 1. The van der Waals surface area contributed by atoms with Crippen LogP contribution in [0.25, 0.3) is 0 Å². The fourth-order valence-corrected chi connectivity index (χ4v) is 4.17. The van der Waals surface area contributed by atoms with Crippen molar-refractivity contribution in [3.05, 3.63) is 10.6 Å². The smallest absolute Gasteiger partial charge is 0.186 e. The molecule has 1 saturated heterocycles. The van der Waals surface area contributed by atoms with Gasteiger partial charge >= 0.3 is 0 Å². The van der Waals surface area contributed by atoms with Gasteiger partial charge in [-0.2, -0.15) is 0 Å². The van der Waals surface area contributed by atoms with Crippen molar-refractivity contribution in [2.24, 2.45) is 0 Å². The maximum Gasteiger partial charge on any atom is 0.186 e. The molecule has 2 heterocycles. The van der Waals surface area contributed by atoms with E-state index in [2.05, 4.69) is 31.0 Å². The maximum absolute atomic E-state index is 4.91. The standard InChI is InChI=1S/C15H25N3S/c1-4-12-13(10-16-11-6-7-11)19-14(17-12)18-9-5-8-15(18,2)3/h11,16H,4-10H2,1-3H3. The van der Waals surface area contributed by atoms with Crippen LogP contribution >= 0.6 is 11.3 Å². The Labute approximate surface area is 120 Å². The van der Waals surface area contributed by atoms with Crippen LogP contribution in [0.3, 0.4) is 0 Å². The Hall–Kier alpha value is -0.610. The molecule has 2 aliphatic rings. The monoisotopic (exact) mass is 279 g/mol. The Morgan fingerprint density at radius 2 is 2.21 bits per heavy atom. The summed E-state index contributed by atoms with van der Waals surface area (Å²) in [4.78, 5) is 8.87. The average molecular weight is 279 g/mol. The van der Waals surface area contributed by atoms with Crippen molar-refractivity contribution in [1.29, 1.82) is 0 Å². The molecule has 4 heteroatoms.